The van der Waals surface area contributed by atoms with Crippen LogP contribution in [0.25, 0.3) is 21.6 Å². The maximum atomic E-state index is 13.3. The number of ether oxygens (including phenoxy) is 2. The van der Waals surface area contributed by atoms with E-state index in [2.05, 4.69) is 36.4 Å². The van der Waals surface area contributed by atoms with Gasteiger partial charge in [0.15, 0.2) is 5.78 Å². The SMILES string of the molecule is C=CC1CC1(NC(=O)C1NCC(Oc2cc(-c3nc(C(C)C)cs3)nc3c(C)c(OC)ccc23)C1C)C(C)=O. The zero-order chi connectivity index (χ0) is 28.1. The average Bonchev–Trinajstić information content (AvgIpc) is 3.20. The van der Waals surface area contributed by atoms with E-state index in [1.54, 1.807) is 24.5 Å². The van der Waals surface area contributed by atoms with Crippen molar-refractivity contribution in [1.82, 2.24) is 20.6 Å². The van der Waals surface area contributed by atoms with Crippen LogP contribution in [0.15, 0.2) is 36.2 Å². The zero-order valence-electron chi connectivity index (χ0n) is 23.3. The fourth-order valence-corrected chi connectivity index (χ4v) is 6.40. The molecule has 0 spiro atoms. The van der Waals surface area contributed by atoms with Gasteiger partial charge in [0, 0.05) is 40.8 Å². The summed E-state index contributed by atoms with van der Waals surface area (Å²) in [4.78, 5) is 35.3. The molecule has 39 heavy (non-hydrogen) atoms. The summed E-state index contributed by atoms with van der Waals surface area (Å²) < 4.78 is 12.2. The van der Waals surface area contributed by atoms with E-state index in [4.69, 9.17) is 19.4 Å². The normalized spacial score (nSPS) is 26.0. The number of carbonyl (C=O) groups excluding carboxylic acids is 2. The molecule has 2 fully saturated rings. The van der Waals surface area contributed by atoms with Crippen LogP contribution in [0.1, 0.15) is 51.3 Å². The molecule has 206 valence electrons. The van der Waals surface area contributed by atoms with Gasteiger partial charge in [-0.1, -0.05) is 26.8 Å². The number of aromatic nitrogens is 2. The van der Waals surface area contributed by atoms with Gasteiger partial charge in [0.05, 0.1) is 24.4 Å². The molecule has 1 amide bonds. The number of rotatable bonds is 9. The van der Waals surface area contributed by atoms with Gasteiger partial charge < -0.3 is 20.1 Å². The second kappa shape index (κ2) is 10.4. The summed E-state index contributed by atoms with van der Waals surface area (Å²) in [6, 6.07) is 5.36. The number of hydrogen-bond donors (Lipinski definition) is 2. The van der Waals surface area contributed by atoms with Crippen molar-refractivity contribution in [1.29, 1.82) is 0 Å². The van der Waals surface area contributed by atoms with Gasteiger partial charge in [-0.15, -0.1) is 17.9 Å². The summed E-state index contributed by atoms with van der Waals surface area (Å²) in [6.45, 7) is 14.1. The Bertz CT molecular complexity index is 1450. The number of amides is 1. The molecule has 1 saturated carbocycles. The van der Waals surface area contributed by atoms with Crippen LogP contribution in [0.4, 0.5) is 0 Å². The van der Waals surface area contributed by atoms with Crippen molar-refractivity contribution < 1.29 is 19.1 Å². The molecule has 5 rings (SSSR count). The third kappa shape index (κ3) is 4.82. The van der Waals surface area contributed by atoms with Crippen LogP contribution in [-0.4, -0.2) is 53.0 Å². The topological polar surface area (TPSA) is 102 Å². The minimum Gasteiger partial charge on any atom is -0.496 e. The number of hydrogen-bond acceptors (Lipinski definition) is 8. The molecule has 3 heterocycles. The van der Waals surface area contributed by atoms with E-state index >= 15 is 0 Å². The lowest BCUT2D eigenvalue weighted by atomic mass is 9.98. The standard InChI is InChI=1S/C30H36N4O4S/c1-8-19-12-30(19,18(6)35)34-28(36)27-17(5)25(13-31-27)38-24-11-21(29-33-22(14-39-29)15(2)3)32-26-16(4)23(37-7)10-9-20(24)26/h8-11,14-15,17,19,25,27,31H,1,12-13H2,2-7H3,(H,34,36). The molecular formula is C30H36N4O4S. The van der Waals surface area contributed by atoms with Crippen molar-refractivity contribution in [3.05, 3.63) is 47.5 Å². The Balaban J connectivity index is 1.44. The molecule has 1 saturated heterocycles. The number of methoxy groups -OCH3 is 1. The first-order valence-corrected chi connectivity index (χ1v) is 14.3. The van der Waals surface area contributed by atoms with Gasteiger partial charge in [0.2, 0.25) is 5.91 Å². The fraction of sp³-hybridized carbons (Fsp3) is 0.467. The predicted molar refractivity (Wildman–Crippen MR) is 153 cm³/mol. The summed E-state index contributed by atoms with van der Waals surface area (Å²) in [5.41, 5.74) is 2.67. The van der Waals surface area contributed by atoms with Crippen molar-refractivity contribution in [2.45, 2.75) is 64.6 Å². The van der Waals surface area contributed by atoms with Crippen LogP contribution < -0.4 is 20.1 Å². The third-order valence-corrected chi connectivity index (χ3v) is 9.07. The molecule has 9 heteroatoms. The lowest BCUT2D eigenvalue weighted by Crippen LogP contribution is -2.52. The molecule has 5 atom stereocenters. The highest BCUT2D eigenvalue weighted by Crippen LogP contribution is 2.45. The first-order chi connectivity index (χ1) is 18.6. The minimum atomic E-state index is -0.825. The lowest BCUT2D eigenvalue weighted by Gasteiger charge is -2.24. The number of fused-ring (bicyclic) bond motifs is 1. The third-order valence-electron chi connectivity index (χ3n) is 8.19. The van der Waals surface area contributed by atoms with E-state index in [0.717, 1.165) is 38.6 Å². The van der Waals surface area contributed by atoms with Gasteiger partial charge in [0.1, 0.15) is 33.8 Å². The molecule has 2 aliphatic rings. The van der Waals surface area contributed by atoms with Gasteiger partial charge in [-0.2, -0.15) is 0 Å². The monoisotopic (exact) mass is 548 g/mol. The number of pyridine rings is 1. The fourth-order valence-electron chi connectivity index (χ4n) is 5.46. The summed E-state index contributed by atoms with van der Waals surface area (Å²) in [5.74, 6) is 1.39. The van der Waals surface area contributed by atoms with Crippen molar-refractivity contribution in [3.8, 4) is 22.2 Å². The number of thiazole rings is 1. The van der Waals surface area contributed by atoms with E-state index in [9.17, 15) is 9.59 Å². The van der Waals surface area contributed by atoms with Crippen LogP contribution in [0.2, 0.25) is 0 Å². The van der Waals surface area contributed by atoms with Gasteiger partial charge in [0.25, 0.3) is 0 Å². The summed E-state index contributed by atoms with van der Waals surface area (Å²) in [5, 5.41) is 10.1. The van der Waals surface area contributed by atoms with Crippen LogP contribution in [0, 0.1) is 18.8 Å². The molecule has 0 bridgehead atoms. The Hall–Kier alpha value is -3.30. The van der Waals surface area contributed by atoms with Gasteiger partial charge in [-0.25, -0.2) is 9.97 Å². The number of carbonyl (C=O) groups is 2. The van der Waals surface area contributed by atoms with Crippen molar-refractivity contribution >= 4 is 33.9 Å². The average molecular weight is 549 g/mol. The smallest absolute Gasteiger partial charge is 0.238 e. The van der Waals surface area contributed by atoms with E-state index in [1.165, 1.54) is 6.92 Å². The number of nitrogens with zero attached hydrogens (tertiary/aromatic N) is 2. The Kier molecular flexibility index (Phi) is 7.24. The summed E-state index contributed by atoms with van der Waals surface area (Å²) in [6.07, 6.45) is 2.09. The molecule has 3 aromatic rings. The van der Waals surface area contributed by atoms with E-state index < -0.39 is 11.6 Å². The van der Waals surface area contributed by atoms with Crippen LogP contribution >= 0.6 is 11.3 Å². The Labute approximate surface area is 233 Å². The van der Waals surface area contributed by atoms with Crippen molar-refractivity contribution in [2.75, 3.05) is 13.7 Å². The maximum absolute atomic E-state index is 13.3. The Morgan fingerprint density at radius 1 is 1.28 bits per heavy atom. The first-order valence-electron chi connectivity index (χ1n) is 13.4. The first kappa shape index (κ1) is 27.3. The number of nitrogens with one attached hydrogen (secondary N) is 2. The van der Waals surface area contributed by atoms with Crippen LogP contribution in [0.5, 0.6) is 11.5 Å². The van der Waals surface area contributed by atoms with Crippen LogP contribution in [-0.2, 0) is 9.59 Å². The number of aryl methyl sites for hydroxylation is 1. The number of ketones is 1. The molecular weight excluding hydrogens is 512 g/mol. The highest BCUT2D eigenvalue weighted by Gasteiger charge is 2.58. The number of Topliss-reactive ketones (excluding diaryl/α,β-unsaturated/α-hetero) is 1. The van der Waals surface area contributed by atoms with E-state index in [-0.39, 0.29) is 29.6 Å². The second-order valence-corrected chi connectivity index (χ2v) is 11.8. The molecule has 1 aliphatic carbocycles. The predicted octanol–water partition coefficient (Wildman–Crippen LogP) is 4.80. The van der Waals surface area contributed by atoms with Crippen molar-refractivity contribution in [2.24, 2.45) is 11.8 Å². The largest absolute Gasteiger partial charge is 0.496 e. The Morgan fingerprint density at radius 3 is 2.67 bits per heavy atom. The summed E-state index contributed by atoms with van der Waals surface area (Å²) in [7, 11) is 1.65. The molecule has 8 nitrogen and oxygen atoms in total. The highest BCUT2D eigenvalue weighted by molar-refractivity contribution is 7.13. The molecule has 1 aliphatic heterocycles. The minimum absolute atomic E-state index is 0.0217. The molecule has 0 radical (unpaired) electrons. The second-order valence-electron chi connectivity index (χ2n) is 11.0. The highest BCUT2D eigenvalue weighted by atomic mass is 32.1. The molecule has 2 aromatic heterocycles. The zero-order valence-corrected chi connectivity index (χ0v) is 24.1. The number of benzene rings is 1. The van der Waals surface area contributed by atoms with Crippen molar-refractivity contribution in [3.63, 3.8) is 0 Å². The van der Waals surface area contributed by atoms with E-state index in [1.807, 2.05) is 32.0 Å². The van der Waals surface area contributed by atoms with Gasteiger partial charge in [-0.05, 0) is 38.3 Å². The van der Waals surface area contributed by atoms with Gasteiger partial charge >= 0.3 is 0 Å². The molecule has 1 aromatic carbocycles. The van der Waals surface area contributed by atoms with Gasteiger partial charge in [-0.3, -0.25) is 9.59 Å². The van der Waals surface area contributed by atoms with E-state index in [0.29, 0.717) is 24.6 Å². The lowest BCUT2D eigenvalue weighted by molar-refractivity contribution is -0.129. The Morgan fingerprint density at radius 2 is 2.05 bits per heavy atom. The maximum Gasteiger partial charge on any atom is 0.238 e. The molecule has 5 unspecified atom stereocenters. The quantitative estimate of drug-likeness (QED) is 0.370. The molecule has 2 N–H and O–H groups in total. The van der Waals surface area contributed by atoms with Crippen LogP contribution in [0.3, 0.4) is 0 Å². The summed E-state index contributed by atoms with van der Waals surface area (Å²) >= 11 is 1.57.